The van der Waals surface area contributed by atoms with Crippen LogP contribution in [0, 0.1) is 19.7 Å². The SMILES string of the molecule is CCNC(=NCc1cc(F)ccc1Br)NC(C)Cc1c(C)nn(C)c1C.I. The van der Waals surface area contributed by atoms with E-state index in [1.165, 1.54) is 23.4 Å². The predicted molar refractivity (Wildman–Crippen MR) is 123 cm³/mol. The van der Waals surface area contributed by atoms with Crippen LogP contribution in [0.2, 0.25) is 0 Å². The molecule has 1 unspecified atom stereocenters. The van der Waals surface area contributed by atoms with Crippen molar-refractivity contribution in [2.45, 2.75) is 46.7 Å². The zero-order chi connectivity index (χ0) is 19.3. The normalized spacial score (nSPS) is 12.5. The summed E-state index contributed by atoms with van der Waals surface area (Å²) in [5.74, 6) is 0.461. The Balaban J connectivity index is 0.00000364. The van der Waals surface area contributed by atoms with Crippen LogP contribution in [-0.4, -0.2) is 28.3 Å². The zero-order valence-electron chi connectivity index (χ0n) is 16.4. The summed E-state index contributed by atoms with van der Waals surface area (Å²) >= 11 is 3.45. The highest BCUT2D eigenvalue weighted by atomic mass is 127. The number of aromatic nitrogens is 2. The third-order valence-corrected chi connectivity index (χ3v) is 5.09. The molecule has 1 aromatic heterocycles. The Hall–Kier alpha value is -1.16. The van der Waals surface area contributed by atoms with Crippen LogP contribution in [0.15, 0.2) is 27.7 Å². The summed E-state index contributed by atoms with van der Waals surface area (Å²) in [7, 11) is 1.96. The molecule has 8 heteroatoms. The maximum atomic E-state index is 13.4. The molecule has 1 aromatic carbocycles. The summed E-state index contributed by atoms with van der Waals surface area (Å²) < 4.78 is 16.2. The van der Waals surface area contributed by atoms with Gasteiger partial charge in [0, 0.05) is 29.8 Å². The maximum Gasteiger partial charge on any atom is 0.191 e. The van der Waals surface area contributed by atoms with Gasteiger partial charge < -0.3 is 10.6 Å². The number of nitrogens with one attached hydrogen (secondary N) is 2. The van der Waals surface area contributed by atoms with Gasteiger partial charge in [-0.15, -0.1) is 24.0 Å². The van der Waals surface area contributed by atoms with Gasteiger partial charge in [-0.1, -0.05) is 15.9 Å². The van der Waals surface area contributed by atoms with Gasteiger partial charge in [-0.3, -0.25) is 4.68 Å². The van der Waals surface area contributed by atoms with E-state index in [1.54, 1.807) is 6.07 Å². The largest absolute Gasteiger partial charge is 0.357 e. The Kier molecular flexibility index (Phi) is 9.72. The van der Waals surface area contributed by atoms with Gasteiger partial charge in [0.2, 0.25) is 0 Å². The van der Waals surface area contributed by atoms with E-state index in [4.69, 9.17) is 0 Å². The van der Waals surface area contributed by atoms with Crippen molar-refractivity contribution in [3.05, 3.63) is 51.0 Å². The molecule has 0 aliphatic carbocycles. The number of aliphatic imine (C=N–C) groups is 1. The summed E-state index contributed by atoms with van der Waals surface area (Å²) in [6.45, 7) is 9.42. The highest BCUT2D eigenvalue weighted by Crippen LogP contribution is 2.18. The van der Waals surface area contributed by atoms with Gasteiger partial charge >= 0.3 is 0 Å². The average molecular weight is 552 g/mol. The van der Waals surface area contributed by atoms with E-state index >= 15 is 0 Å². The van der Waals surface area contributed by atoms with Crippen molar-refractivity contribution >= 4 is 45.9 Å². The summed E-state index contributed by atoms with van der Waals surface area (Å²) in [6, 6.07) is 4.83. The monoisotopic (exact) mass is 551 g/mol. The zero-order valence-corrected chi connectivity index (χ0v) is 20.4. The molecular formula is C19H28BrFIN5. The molecular weight excluding hydrogens is 524 g/mol. The molecule has 1 atom stereocenters. The van der Waals surface area contributed by atoms with Crippen LogP contribution in [0.1, 0.15) is 36.4 Å². The van der Waals surface area contributed by atoms with Crippen LogP contribution < -0.4 is 10.6 Å². The first-order valence-electron chi connectivity index (χ1n) is 8.79. The number of benzene rings is 1. The molecule has 0 saturated heterocycles. The first kappa shape index (κ1) is 23.9. The van der Waals surface area contributed by atoms with Crippen molar-refractivity contribution in [3.63, 3.8) is 0 Å². The Morgan fingerprint density at radius 1 is 1.37 bits per heavy atom. The number of nitrogens with zero attached hydrogens (tertiary/aromatic N) is 3. The lowest BCUT2D eigenvalue weighted by Crippen LogP contribution is -2.43. The molecule has 2 rings (SSSR count). The van der Waals surface area contributed by atoms with Crippen LogP contribution in [0.3, 0.4) is 0 Å². The molecule has 2 aromatic rings. The minimum absolute atomic E-state index is 0. The van der Waals surface area contributed by atoms with Crippen molar-refractivity contribution in [2.75, 3.05) is 6.54 Å². The van der Waals surface area contributed by atoms with Gasteiger partial charge in [0.15, 0.2) is 5.96 Å². The lowest BCUT2D eigenvalue weighted by atomic mass is 10.1. The van der Waals surface area contributed by atoms with Crippen molar-refractivity contribution in [1.82, 2.24) is 20.4 Å². The van der Waals surface area contributed by atoms with E-state index in [1.807, 2.05) is 25.6 Å². The van der Waals surface area contributed by atoms with Crippen molar-refractivity contribution in [2.24, 2.45) is 12.0 Å². The fraction of sp³-hybridized carbons (Fsp3) is 0.474. The number of guanidine groups is 1. The maximum absolute atomic E-state index is 13.4. The van der Waals surface area contributed by atoms with Crippen LogP contribution in [0.4, 0.5) is 4.39 Å². The molecule has 0 saturated carbocycles. The van der Waals surface area contributed by atoms with Gasteiger partial charge in [0.05, 0.1) is 12.2 Å². The van der Waals surface area contributed by atoms with Gasteiger partial charge in [0.1, 0.15) is 5.82 Å². The van der Waals surface area contributed by atoms with Gasteiger partial charge in [-0.25, -0.2) is 9.38 Å². The van der Waals surface area contributed by atoms with E-state index in [0.29, 0.717) is 6.54 Å². The molecule has 0 spiro atoms. The second-order valence-electron chi connectivity index (χ2n) is 6.45. The molecule has 0 aliphatic rings. The second-order valence-corrected chi connectivity index (χ2v) is 7.31. The molecule has 150 valence electrons. The van der Waals surface area contributed by atoms with E-state index in [2.05, 4.69) is 50.5 Å². The molecule has 0 bridgehead atoms. The van der Waals surface area contributed by atoms with Crippen LogP contribution in [0.25, 0.3) is 0 Å². The summed E-state index contributed by atoms with van der Waals surface area (Å²) in [5, 5.41) is 11.1. The topological polar surface area (TPSA) is 54.2 Å². The third-order valence-electron chi connectivity index (χ3n) is 4.31. The Bertz CT molecular complexity index is 791. The molecule has 5 nitrogen and oxygen atoms in total. The molecule has 27 heavy (non-hydrogen) atoms. The second kappa shape index (κ2) is 11.0. The summed E-state index contributed by atoms with van der Waals surface area (Å²) in [5.41, 5.74) is 4.32. The Morgan fingerprint density at radius 3 is 2.67 bits per heavy atom. The van der Waals surface area contributed by atoms with Crippen molar-refractivity contribution in [1.29, 1.82) is 0 Å². The van der Waals surface area contributed by atoms with E-state index in [0.717, 1.165) is 34.7 Å². The van der Waals surface area contributed by atoms with Gasteiger partial charge in [-0.2, -0.15) is 5.10 Å². The van der Waals surface area contributed by atoms with Crippen molar-refractivity contribution in [3.8, 4) is 0 Å². The lowest BCUT2D eigenvalue weighted by molar-refractivity contribution is 0.623. The standard InChI is InChI=1S/C19H27BrFN5.HI/c1-6-22-19(23-11-15-10-16(21)7-8-18(15)20)24-12(2)9-17-13(3)25-26(5)14(17)4;/h7-8,10,12H,6,9,11H2,1-5H3,(H2,22,23,24);1H. The Labute approximate surface area is 186 Å². The molecule has 0 radical (unpaired) electrons. The fourth-order valence-corrected chi connectivity index (χ4v) is 3.22. The van der Waals surface area contributed by atoms with E-state index in [9.17, 15) is 4.39 Å². The first-order chi connectivity index (χ1) is 12.3. The lowest BCUT2D eigenvalue weighted by Gasteiger charge is -2.18. The average Bonchev–Trinajstić information content (AvgIpc) is 2.82. The van der Waals surface area contributed by atoms with Crippen molar-refractivity contribution < 1.29 is 4.39 Å². The molecule has 2 N–H and O–H groups in total. The number of halogens is 3. The third kappa shape index (κ3) is 6.74. The van der Waals surface area contributed by atoms with Gasteiger partial charge in [0.25, 0.3) is 0 Å². The highest BCUT2D eigenvalue weighted by molar-refractivity contribution is 14.0. The van der Waals surface area contributed by atoms with Crippen LogP contribution in [-0.2, 0) is 20.0 Å². The highest BCUT2D eigenvalue weighted by Gasteiger charge is 2.14. The van der Waals surface area contributed by atoms with Gasteiger partial charge in [-0.05, 0) is 63.4 Å². The first-order valence-corrected chi connectivity index (χ1v) is 9.59. The minimum Gasteiger partial charge on any atom is -0.357 e. The number of rotatable bonds is 6. The predicted octanol–water partition coefficient (Wildman–Crippen LogP) is 4.24. The number of hydrogen-bond donors (Lipinski definition) is 2. The van der Waals surface area contributed by atoms with E-state index < -0.39 is 0 Å². The smallest absolute Gasteiger partial charge is 0.191 e. The quantitative estimate of drug-likeness (QED) is 0.321. The molecule has 0 aliphatic heterocycles. The minimum atomic E-state index is -0.257. The Morgan fingerprint density at radius 2 is 2.07 bits per heavy atom. The molecule has 0 fully saturated rings. The van der Waals surface area contributed by atoms with Crippen LogP contribution >= 0.6 is 39.9 Å². The van der Waals surface area contributed by atoms with Crippen LogP contribution in [0.5, 0.6) is 0 Å². The summed E-state index contributed by atoms with van der Waals surface area (Å²) in [4.78, 5) is 4.59. The molecule has 0 amide bonds. The number of hydrogen-bond acceptors (Lipinski definition) is 2. The fourth-order valence-electron chi connectivity index (χ4n) is 2.85. The molecule has 1 heterocycles. The number of aryl methyl sites for hydroxylation is 2. The summed E-state index contributed by atoms with van der Waals surface area (Å²) in [6.07, 6.45) is 0.861. The van der Waals surface area contributed by atoms with E-state index in [-0.39, 0.29) is 35.8 Å².